The van der Waals surface area contributed by atoms with E-state index in [9.17, 15) is 9.90 Å². The van der Waals surface area contributed by atoms with Crippen molar-refractivity contribution in [3.8, 4) is 16.9 Å². The van der Waals surface area contributed by atoms with Gasteiger partial charge in [0.05, 0.1) is 5.69 Å². The molecule has 0 saturated carbocycles. The number of thiocarbonyl (C=S) groups is 1. The summed E-state index contributed by atoms with van der Waals surface area (Å²) < 4.78 is 0. The summed E-state index contributed by atoms with van der Waals surface area (Å²) in [5, 5.41) is 15.2. The van der Waals surface area contributed by atoms with E-state index < -0.39 is 0 Å². The SMILES string of the molecule is O=C(NC(=S)Nc1ccccc1O)c1ccc(-c2ccccc2)cc1. The van der Waals surface area contributed by atoms with Gasteiger partial charge in [-0.2, -0.15) is 0 Å². The van der Waals surface area contributed by atoms with Crippen LogP contribution in [0.25, 0.3) is 11.1 Å². The van der Waals surface area contributed by atoms with Crippen LogP contribution in [0.5, 0.6) is 5.75 Å². The summed E-state index contributed by atoms with van der Waals surface area (Å²) in [5.41, 5.74) is 3.06. The van der Waals surface area contributed by atoms with Gasteiger partial charge in [0, 0.05) is 5.56 Å². The fourth-order valence-electron chi connectivity index (χ4n) is 2.35. The van der Waals surface area contributed by atoms with Crippen LogP contribution in [-0.4, -0.2) is 16.1 Å². The van der Waals surface area contributed by atoms with Crippen LogP contribution < -0.4 is 10.6 Å². The van der Waals surface area contributed by atoms with Crippen molar-refractivity contribution in [3.05, 3.63) is 84.4 Å². The average molecular weight is 348 g/mol. The van der Waals surface area contributed by atoms with E-state index in [0.717, 1.165) is 11.1 Å². The predicted molar refractivity (Wildman–Crippen MR) is 104 cm³/mol. The van der Waals surface area contributed by atoms with Gasteiger partial charge in [0.25, 0.3) is 5.91 Å². The molecule has 25 heavy (non-hydrogen) atoms. The number of hydrogen-bond donors (Lipinski definition) is 3. The second kappa shape index (κ2) is 7.59. The Hall–Kier alpha value is -3.18. The molecule has 3 N–H and O–H groups in total. The second-order valence-electron chi connectivity index (χ2n) is 5.37. The van der Waals surface area contributed by atoms with Crippen molar-refractivity contribution in [3.63, 3.8) is 0 Å². The van der Waals surface area contributed by atoms with E-state index in [1.807, 2.05) is 42.5 Å². The summed E-state index contributed by atoms with van der Waals surface area (Å²) >= 11 is 5.12. The molecular formula is C20H16N2O2S. The first-order chi connectivity index (χ1) is 12.1. The predicted octanol–water partition coefficient (Wildman–Crippen LogP) is 4.19. The molecule has 0 aliphatic rings. The highest BCUT2D eigenvalue weighted by molar-refractivity contribution is 7.80. The summed E-state index contributed by atoms with van der Waals surface area (Å²) in [4.78, 5) is 12.3. The molecule has 1 amide bonds. The van der Waals surface area contributed by atoms with Crippen LogP contribution in [-0.2, 0) is 0 Å². The average Bonchev–Trinajstić information content (AvgIpc) is 2.64. The van der Waals surface area contributed by atoms with Gasteiger partial charge in [0.2, 0.25) is 0 Å². The van der Waals surface area contributed by atoms with E-state index in [2.05, 4.69) is 10.6 Å². The zero-order valence-corrected chi connectivity index (χ0v) is 14.1. The number of phenolic OH excluding ortho intramolecular Hbond substituents is 1. The molecule has 0 fully saturated rings. The minimum atomic E-state index is -0.312. The number of aromatic hydroxyl groups is 1. The summed E-state index contributed by atoms with van der Waals surface area (Å²) in [6.45, 7) is 0. The third-order valence-electron chi connectivity index (χ3n) is 3.63. The summed E-state index contributed by atoms with van der Waals surface area (Å²) in [5.74, 6) is -0.251. The minimum Gasteiger partial charge on any atom is -0.506 e. The summed E-state index contributed by atoms with van der Waals surface area (Å²) in [6, 6.07) is 23.9. The molecule has 0 heterocycles. The van der Waals surface area contributed by atoms with Crippen molar-refractivity contribution >= 4 is 28.9 Å². The van der Waals surface area contributed by atoms with Gasteiger partial charge in [-0.05, 0) is 47.6 Å². The zero-order chi connectivity index (χ0) is 17.6. The van der Waals surface area contributed by atoms with Crippen LogP contribution in [0.4, 0.5) is 5.69 Å². The molecule has 0 saturated heterocycles. The third kappa shape index (κ3) is 4.22. The lowest BCUT2D eigenvalue weighted by molar-refractivity contribution is 0.0977. The number of anilines is 1. The molecule has 3 rings (SSSR count). The topological polar surface area (TPSA) is 61.4 Å². The van der Waals surface area contributed by atoms with Crippen molar-refractivity contribution in [1.29, 1.82) is 0 Å². The Morgan fingerprint density at radius 2 is 1.40 bits per heavy atom. The van der Waals surface area contributed by atoms with Gasteiger partial charge in [-0.15, -0.1) is 0 Å². The Bertz CT molecular complexity index is 893. The smallest absolute Gasteiger partial charge is 0.257 e. The van der Waals surface area contributed by atoms with Crippen LogP contribution in [0.2, 0.25) is 0 Å². The molecule has 4 nitrogen and oxygen atoms in total. The maximum atomic E-state index is 12.3. The molecular weight excluding hydrogens is 332 g/mol. The number of para-hydroxylation sites is 2. The third-order valence-corrected chi connectivity index (χ3v) is 3.84. The maximum absolute atomic E-state index is 12.3. The van der Waals surface area contributed by atoms with Crippen molar-refractivity contribution < 1.29 is 9.90 Å². The van der Waals surface area contributed by atoms with Crippen LogP contribution in [0.3, 0.4) is 0 Å². The molecule has 3 aromatic carbocycles. The van der Waals surface area contributed by atoms with E-state index in [-0.39, 0.29) is 16.8 Å². The van der Waals surface area contributed by atoms with E-state index in [1.54, 1.807) is 30.3 Å². The van der Waals surface area contributed by atoms with E-state index in [4.69, 9.17) is 12.2 Å². The van der Waals surface area contributed by atoms with Crippen LogP contribution in [0.1, 0.15) is 10.4 Å². The van der Waals surface area contributed by atoms with Gasteiger partial charge >= 0.3 is 0 Å². The van der Waals surface area contributed by atoms with Crippen molar-refractivity contribution in [2.45, 2.75) is 0 Å². The molecule has 0 aliphatic heterocycles. The first kappa shape index (κ1) is 16.7. The van der Waals surface area contributed by atoms with Crippen molar-refractivity contribution in [2.75, 3.05) is 5.32 Å². The fraction of sp³-hybridized carbons (Fsp3) is 0. The lowest BCUT2D eigenvalue weighted by Crippen LogP contribution is -2.34. The molecule has 5 heteroatoms. The Morgan fingerprint density at radius 3 is 2.08 bits per heavy atom. The Kier molecular flexibility index (Phi) is 5.06. The highest BCUT2D eigenvalue weighted by atomic mass is 32.1. The summed E-state index contributed by atoms with van der Waals surface area (Å²) in [6.07, 6.45) is 0. The first-order valence-corrected chi connectivity index (χ1v) is 8.10. The van der Waals surface area contributed by atoms with Gasteiger partial charge < -0.3 is 10.4 Å². The van der Waals surface area contributed by atoms with Crippen LogP contribution >= 0.6 is 12.2 Å². The number of phenols is 1. The van der Waals surface area contributed by atoms with E-state index in [0.29, 0.717) is 11.3 Å². The van der Waals surface area contributed by atoms with Gasteiger partial charge in [-0.25, -0.2) is 0 Å². The normalized spacial score (nSPS) is 10.1. The minimum absolute atomic E-state index is 0.0614. The number of benzene rings is 3. The monoisotopic (exact) mass is 348 g/mol. The lowest BCUT2D eigenvalue weighted by atomic mass is 10.0. The number of carbonyl (C=O) groups is 1. The summed E-state index contributed by atoms with van der Waals surface area (Å²) in [7, 11) is 0. The van der Waals surface area contributed by atoms with Crippen molar-refractivity contribution in [1.82, 2.24) is 5.32 Å². The zero-order valence-electron chi connectivity index (χ0n) is 13.3. The quantitative estimate of drug-likeness (QED) is 0.491. The van der Waals surface area contributed by atoms with Gasteiger partial charge in [0.1, 0.15) is 5.75 Å². The molecule has 0 spiro atoms. The number of hydrogen-bond acceptors (Lipinski definition) is 3. The Balaban J connectivity index is 1.65. The van der Waals surface area contributed by atoms with E-state index >= 15 is 0 Å². The van der Waals surface area contributed by atoms with Gasteiger partial charge in [0.15, 0.2) is 5.11 Å². The second-order valence-corrected chi connectivity index (χ2v) is 5.78. The molecule has 0 atom stereocenters. The molecule has 0 radical (unpaired) electrons. The standard InChI is InChI=1S/C20H16N2O2S/c23-18-9-5-4-8-17(18)21-20(25)22-19(24)16-12-10-15(11-13-16)14-6-2-1-3-7-14/h1-13,23H,(H2,21,22,24,25). The molecule has 0 aliphatic carbocycles. The number of carbonyl (C=O) groups excluding carboxylic acids is 1. The molecule has 0 aromatic heterocycles. The maximum Gasteiger partial charge on any atom is 0.257 e. The Morgan fingerprint density at radius 1 is 0.800 bits per heavy atom. The molecule has 0 bridgehead atoms. The number of amides is 1. The van der Waals surface area contributed by atoms with Gasteiger partial charge in [-0.1, -0.05) is 54.6 Å². The van der Waals surface area contributed by atoms with Crippen LogP contribution in [0, 0.1) is 0 Å². The molecule has 0 unspecified atom stereocenters. The fourth-order valence-corrected chi connectivity index (χ4v) is 2.56. The molecule has 124 valence electrons. The largest absolute Gasteiger partial charge is 0.506 e. The van der Waals surface area contributed by atoms with E-state index in [1.165, 1.54) is 6.07 Å². The van der Waals surface area contributed by atoms with Gasteiger partial charge in [-0.3, -0.25) is 10.1 Å². The first-order valence-electron chi connectivity index (χ1n) is 7.69. The highest BCUT2D eigenvalue weighted by Crippen LogP contribution is 2.21. The number of nitrogens with one attached hydrogen (secondary N) is 2. The Labute approximate surface area is 151 Å². The van der Waals surface area contributed by atoms with Crippen molar-refractivity contribution in [2.24, 2.45) is 0 Å². The lowest BCUT2D eigenvalue weighted by Gasteiger charge is -2.11. The highest BCUT2D eigenvalue weighted by Gasteiger charge is 2.09. The van der Waals surface area contributed by atoms with Crippen LogP contribution in [0.15, 0.2) is 78.9 Å². The molecule has 3 aromatic rings. The number of rotatable bonds is 3.